The number of likely N-dealkylation sites (tertiary alicyclic amines) is 1. The van der Waals surface area contributed by atoms with Gasteiger partial charge in [-0.25, -0.2) is 8.78 Å². The van der Waals surface area contributed by atoms with Gasteiger partial charge in [0.25, 0.3) is 0 Å². The number of benzene rings is 1. The zero-order chi connectivity index (χ0) is 14.7. The van der Waals surface area contributed by atoms with Crippen LogP contribution in [0.4, 0.5) is 8.78 Å². The highest BCUT2D eigenvalue weighted by molar-refractivity contribution is 5.79. The van der Waals surface area contributed by atoms with E-state index in [0.29, 0.717) is 12.1 Å². The van der Waals surface area contributed by atoms with Crippen molar-refractivity contribution < 1.29 is 13.6 Å². The molecule has 0 aromatic heterocycles. The molecular weight excluding hydrogens is 262 g/mol. The van der Waals surface area contributed by atoms with Crippen LogP contribution in [-0.2, 0) is 11.2 Å². The van der Waals surface area contributed by atoms with E-state index in [4.69, 9.17) is 5.73 Å². The van der Waals surface area contributed by atoms with Crippen molar-refractivity contribution >= 4 is 5.91 Å². The Hall–Kier alpha value is -1.49. The zero-order valence-corrected chi connectivity index (χ0v) is 11.6. The van der Waals surface area contributed by atoms with Crippen molar-refractivity contribution in [2.24, 2.45) is 5.73 Å². The molecule has 1 aliphatic heterocycles. The zero-order valence-electron chi connectivity index (χ0n) is 11.6. The lowest BCUT2D eigenvalue weighted by atomic mass is 9.95. The Morgan fingerprint density at radius 3 is 2.75 bits per heavy atom. The molecule has 2 atom stereocenters. The van der Waals surface area contributed by atoms with Crippen LogP contribution < -0.4 is 5.73 Å². The smallest absolute Gasteiger partial charge is 0.227 e. The van der Waals surface area contributed by atoms with Crippen LogP contribution in [0.2, 0.25) is 0 Å². The largest absolute Gasteiger partial charge is 0.335 e. The number of carbonyl (C=O) groups excluding carboxylic acids is 1. The Balaban J connectivity index is 2.11. The highest BCUT2D eigenvalue weighted by Gasteiger charge is 2.30. The maximum atomic E-state index is 13.2. The summed E-state index contributed by atoms with van der Waals surface area (Å²) < 4.78 is 26.1. The molecule has 0 spiro atoms. The minimum Gasteiger partial charge on any atom is -0.335 e. The number of amides is 1. The first kappa shape index (κ1) is 14.9. The first-order valence-electron chi connectivity index (χ1n) is 6.98. The van der Waals surface area contributed by atoms with Crippen LogP contribution in [0.1, 0.15) is 31.7 Å². The van der Waals surface area contributed by atoms with Crippen LogP contribution in [0.15, 0.2) is 18.2 Å². The molecule has 2 N–H and O–H groups in total. The molecule has 0 bridgehead atoms. The Morgan fingerprint density at radius 1 is 1.35 bits per heavy atom. The van der Waals surface area contributed by atoms with E-state index in [0.717, 1.165) is 31.4 Å². The summed E-state index contributed by atoms with van der Waals surface area (Å²) in [5, 5.41) is 0. The highest BCUT2D eigenvalue weighted by atomic mass is 19.2. The van der Waals surface area contributed by atoms with Gasteiger partial charge in [0, 0.05) is 18.6 Å². The minimum absolute atomic E-state index is 0.0524. The first-order valence-corrected chi connectivity index (χ1v) is 6.98. The summed E-state index contributed by atoms with van der Waals surface area (Å²) in [4.78, 5) is 14.2. The number of rotatable bonds is 3. The number of nitrogens with two attached hydrogens (primary N) is 1. The van der Waals surface area contributed by atoms with E-state index < -0.39 is 11.6 Å². The van der Waals surface area contributed by atoms with Gasteiger partial charge in [0.15, 0.2) is 11.6 Å². The second-order valence-electron chi connectivity index (χ2n) is 5.40. The molecule has 0 saturated carbocycles. The molecule has 2 rings (SSSR count). The van der Waals surface area contributed by atoms with Crippen molar-refractivity contribution in [3.8, 4) is 0 Å². The average Bonchev–Trinajstić information content (AvgIpc) is 2.42. The Labute approximate surface area is 117 Å². The average molecular weight is 282 g/mol. The molecule has 1 saturated heterocycles. The molecule has 20 heavy (non-hydrogen) atoms. The standard InChI is InChI=1S/C15H20F2N2O/c1-10-3-2-4-12(9-18)19(10)15(20)8-11-5-6-13(16)14(17)7-11/h5-7,10,12H,2-4,8-9,18H2,1H3. The van der Waals surface area contributed by atoms with Crippen molar-refractivity contribution in [3.05, 3.63) is 35.4 Å². The van der Waals surface area contributed by atoms with Gasteiger partial charge in [0.2, 0.25) is 5.91 Å². The van der Waals surface area contributed by atoms with Gasteiger partial charge in [0.05, 0.1) is 6.42 Å². The van der Waals surface area contributed by atoms with Crippen LogP contribution in [0.25, 0.3) is 0 Å². The van der Waals surface area contributed by atoms with Crippen molar-refractivity contribution in [1.82, 2.24) is 4.90 Å². The monoisotopic (exact) mass is 282 g/mol. The van der Waals surface area contributed by atoms with Crippen molar-refractivity contribution in [1.29, 1.82) is 0 Å². The third kappa shape index (κ3) is 3.15. The number of hydrogen-bond donors (Lipinski definition) is 1. The summed E-state index contributed by atoms with van der Waals surface area (Å²) in [6.07, 6.45) is 3.01. The van der Waals surface area contributed by atoms with E-state index in [1.165, 1.54) is 6.07 Å². The normalized spacial score (nSPS) is 22.9. The SMILES string of the molecule is CC1CCCC(CN)N1C(=O)Cc1ccc(F)c(F)c1. The van der Waals surface area contributed by atoms with Crippen LogP contribution in [-0.4, -0.2) is 29.4 Å². The second-order valence-corrected chi connectivity index (χ2v) is 5.40. The Bertz CT molecular complexity index is 493. The molecule has 1 amide bonds. The van der Waals surface area contributed by atoms with Crippen LogP contribution in [0, 0.1) is 11.6 Å². The lowest BCUT2D eigenvalue weighted by molar-refractivity contribution is -0.136. The summed E-state index contributed by atoms with van der Waals surface area (Å²) >= 11 is 0. The third-order valence-corrected chi connectivity index (χ3v) is 3.93. The van der Waals surface area contributed by atoms with Gasteiger partial charge in [0.1, 0.15) is 0 Å². The van der Waals surface area contributed by atoms with Crippen molar-refractivity contribution in [2.75, 3.05) is 6.54 Å². The first-order chi connectivity index (χ1) is 9.52. The van der Waals surface area contributed by atoms with E-state index in [1.54, 1.807) is 0 Å². The van der Waals surface area contributed by atoms with Gasteiger partial charge in [-0.1, -0.05) is 6.07 Å². The molecule has 0 aliphatic carbocycles. The van der Waals surface area contributed by atoms with E-state index in [2.05, 4.69) is 0 Å². The molecule has 2 unspecified atom stereocenters. The molecule has 0 radical (unpaired) electrons. The second kappa shape index (κ2) is 6.31. The number of carbonyl (C=O) groups is 1. The summed E-state index contributed by atoms with van der Waals surface area (Å²) in [6, 6.07) is 3.78. The number of nitrogens with zero attached hydrogens (tertiary/aromatic N) is 1. The molecule has 3 nitrogen and oxygen atoms in total. The maximum absolute atomic E-state index is 13.2. The predicted octanol–water partition coefficient (Wildman–Crippen LogP) is 2.24. The Kier molecular flexibility index (Phi) is 4.70. The molecule has 1 aromatic rings. The van der Waals surface area contributed by atoms with Gasteiger partial charge in [-0.05, 0) is 43.9 Å². The Morgan fingerprint density at radius 2 is 2.10 bits per heavy atom. The van der Waals surface area contributed by atoms with Gasteiger partial charge < -0.3 is 10.6 Å². The summed E-state index contributed by atoms with van der Waals surface area (Å²) in [5.74, 6) is -1.89. The van der Waals surface area contributed by atoms with Crippen LogP contribution in [0.3, 0.4) is 0 Å². The summed E-state index contributed by atoms with van der Waals surface area (Å²) in [7, 11) is 0. The molecule has 5 heteroatoms. The quantitative estimate of drug-likeness (QED) is 0.924. The van der Waals surface area contributed by atoms with E-state index >= 15 is 0 Å². The van der Waals surface area contributed by atoms with Crippen molar-refractivity contribution in [3.63, 3.8) is 0 Å². The molecule has 110 valence electrons. The summed E-state index contributed by atoms with van der Waals surface area (Å²) in [5.41, 5.74) is 6.22. The molecule has 1 aliphatic rings. The van der Waals surface area contributed by atoms with Gasteiger partial charge in [-0.3, -0.25) is 4.79 Å². The van der Waals surface area contributed by atoms with E-state index in [9.17, 15) is 13.6 Å². The van der Waals surface area contributed by atoms with Gasteiger partial charge in [-0.15, -0.1) is 0 Å². The lowest BCUT2D eigenvalue weighted by Crippen LogP contribution is -2.52. The topological polar surface area (TPSA) is 46.3 Å². The van der Waals surface area contributed by atoms with Crippen LogP contribution in [0.5, 0.6) is 0 Å². The molecular formula is C15H20F2N2O. The molecule has 1 aromatic carbocycles. The van der Waals surface area contributed by atoms with Gasteiger partial charge >= 0.3 is 0 Å². The van der Waals surface area contributed by atoms with E-state index in [-0.39, 0.29) is 24.4 Å². The highest BCUT2D eigenvalue weighted by Crippen LogP contribution is 2.23. The minimum atomic E-state index is -0.919. The third-order valence-electron chi connectivity index (χ3n) is 3.93. The maximum Gasteiger partial charge on any atom is 0.227 e. The molecule has 1 fully saturated rings. The lowest BCUT2D eigenvalue weighted by Gasteiger charge is -2.40. The van der Waals surface area contributed by atoms with Gasteiger partial charge in [-0.2, -0.15) is 0 Å². The number of halogens is 2. The number of hydrogen-bond acceptors (Lipinski definition) is 2. The number of piperidine rings is 1. The predicted molar refractivity (Wildman–Crippen MR) is 73.1 cm³/mol. The fourth-order valence-corrected chi connectivity index (χ4v) is 2.88. The van der Waals surface area contributed by atoms with E-state index in [1.807, 2.05) is 11.8 Å². The molecule has 1 heterocycles. The van der Waals surface area contributed by atoms with Crippen LogP contribution >= 0.6 is 0 Å². The van der Waals surface area contributed by atoms with Crippen molar-refractivity contribution in [2.45, 2.75) is 44.7 Å². The fraction of sp³-hybridized carbons (Fsp3) is 0.533. The summed E-state index contributed by atoms with van der Waals surface area (Å²) in [6.45, 7) is 2.44. The fourth-order valence-electron chi connectivity index (χ4n) is 2.88.